The molecule has 0 spiro atoms. The van der Waals surface area contributed by atoms with Crippen LogP contribution in [0.1, 0.15) is 32.6 Å². The number of hydrogen-bond acceptors (Lipinski definition) is 5. The van der Waals surface area contributed by atoms with Gasteiger partial charge in [-0.1, -0.05) is 12.8 Å². The number of nitrogens with two attached hydrogens (primary N) is 1. The second kappa shape index (κ2) is 3.14. The highest BCUT2D eigenvalue weighted by Gasteiger charge is 2.29. The zero-order chi connectivity index (χ0) is 9.31. The highest BCUT2D eigenvalue weighted by molar-refractivity contribution is 7.09. The fourth-order valence-corrected chi connectivity index (χ4v) is 2.47. The molecular weight excluding hydrogens is 184 g/mol. The third kappa shape index (κ3) is 1.91. The number of nitrogens with zero attached hydrogens (tertiary/aromatic N) is 2. The van der Waals surface area contributed by atoms with Crippen LogP contribution < -0.4 is 11.1 Å². The van der Waals surface area contributed by atoms with Crippen molar-refractivity contribution >= 4 is 22.6 Å². The van der Waals surface area contributed by atoms with Gasteiger partial charge in [-0.15, -0.1) is 0 Å². The lowest BCUT2D eigenvalue weighted by Crippen LogP contribution is -2.30. The number of anilines is 2. The van der Waals surface area contributed by atoms with E-state index in [0.717, 1.165) is 5.13 Å². The molecule has 0 amide bonds. The second-order valence-corrected chi connectivity index (χ2v) is 4.60. The molecule has 0 bridgehead atoms. The Balaban J connectivity index is 2.04. The summed E-state index contributed by atoms with van der Waals surface area (Å²) < 4.78 is 3.94. The summed E-state index contributed by atoms with van der Waals surface area (Å²) in [6.07, 6.45) is 5.04. The molecule has 13 heavy (non-hydrogen) atoms. The van der Waals surface area contributed by atoms with Gasteiger partial charge in [0.2, 0.25) is 11.1 Å². The van der Waals surface area contributed by atoms with Crippen molar-refractivity contribution in [2.45, 2.75) is 38.1 Å². The van der Waals surface area contributed by atoms with Gasteiger partial charge in [0.15, 0.2) is 0 Å². The van der Waals surface area contributed by atoms with Gasteiger partial charge in [0, 0.05) is 17.1 Å². The van der Waals surface area contributed by atoms with Gasteiger partial charge < -0.3 is 11.1 Å². The molecule has 1 fully saturated rings. The van der Waals surface area contributed by atoms with Gasteiger partial charge >= 0.3 is 0 Å². The summed E-state index contributed by atoms with van der Waals surface area (Å²) in [4.78, 5) is 4.09. The molecular formula is C8H14N4S. The van der Waals surface area contributed by atoms with E-state index in [1.54, 1.807) is 0 Å². The smallest absolute Gasteiger partial charge is 0.233 e. The monoisotopic (exact) mass is 198 g/mol. The van der Waals surface area contributed by atoms with Crippen LogP contribution in [0.5, 0.6) is 0 Å². The molecule has 1 heterocycles. The maximum atomic E-state index is 5.44. The average molecular weight is 198 g/mol. The molecule has 0 unspecified atom stereocenters. The summed E-state index contributed by atoms with van der Waals surface area (Å²) in [5.74, 6) is 0.370. The molecule has 4 nitrogen and oxygen atoms in total. The topological polar surface area (TPSA) is 63.8 Å². The minimum Gasteiger partial charge on any atom is -0.367 e. The average Bonchev–Trinajstić information content (AvgIpc) is 2.62. The third-order valence-corrected chi connectivity index (χ3v) is 3.20. The van der Waals surface area contributed by atoms with Crippen LogP contribution in [0.4, 0.5) is 11.1 Å². The minimum atomic E-state index is 0.214. The van der Waals surface area contributed by atoms with Gasteiger partial charge in [-0.3, -0.25) is 0 Å². The van der Waals surface area contributed by atoms with Crippen LogP contribution >= 0.6 is 11.5 Å². The van der Waals surface area contributed by atoms with E-state index in [-0.39, 0.29) is 5.54 Å². The van der Waals surface area contributed by atoms with Crippen molar-refractivity contribution in [1.82, 2.24) is 9.36 Å². The Bertz CT molecular complexity index is 290. The van der Waals surface area contributed by atoms with Crippen LogP contribution in [0.2, 0.25) is 0 Å². The normalized spacial score (nSPS) is 20.4. The number of nitrogens with one attached hydrogen (secondary N) is 1. The molecule has 5 heteroatoms. The van der Waals surface area contributed by atoms with Crippen molar-refractivity contribution in [1.29, 1.82) is 0 Å². The molecule has 1 aliphatic carbocycles. The number of nitrogen functional groups attached to an aromatic ring is 1. The Labute approximate surface area is 81.7 Å². The number of rotatable bonds is 2. The zero-order valence-corrected chi connectivity index (χ0v) is 8.52. The van der Waals surface area contributed by atoms with Crippen LogP contribution in [0.15, 0.2) is 0 Å². The van der Waals surface area contributed by atoms with Crippen LogP contribution in [0, 0.1) is 0 Å². The van der Waals surface area contributed by atoms with Gasteiger partial charge in [-0.05, 0) is 19.8 Å². The van der Waals surface area contributed by atoms with Crippen molar-refractivity contribution in [3.63, 3.8) is 0 Å². The molecule has 0 radical (unpaired) electrons. The predicted molar refractivity (Wildman–Crippen MR) is 54.8 cm³/mol. The van der Waals surface area contributed by atoms with Crippen LogP contribution in [0.25, 0.3) is 0 Å². The van der Waals surface area contributed by atoms with E-state index in [0.29, 0.717) is 5.95 Å². The van der Waals surface area contributed by atoms with Gasteiger partial charge in [0.25, 0.3) is 0 Å². The molecule has 3 N–H and O–H groups in total. The fraction of sp³-hybridized carbons (Fsp3) is 0.750. The third-order valence-electron chi connectivity index (χ3n) is 2.56. The molecule has 0 atom stereocenters. The Morgan fingerprint density at radius 3 is 2.69 bits per heavy atom. The van der Waals surface area contributed by atoms with Crippen molar-refractivity contribution in [2.24, 2.45) is 0 Å². The predicted octanol–water partition coefficient (Wildman–Crippen LogP) is 1.86. The van der Waals surface area contributed by atoms with Gasteiger partial charge in [-0.2, -0.15) is 9.36 Å². The van der Waals surface area contributed by atoms with Gasteiger partial charge in [0.1, 0.15) is 0 Å². The van der Waals surface area contributed by atoms with Gasteiger partial charge in [0.05, 0.1) is 0 Å². The first kappa shape index (κ1) is 8.74. The zero-order valence-electron chi connectivity index (χ0n) is 7.71. The first-order valence-electron chi connectivity index (χ1n) is 4.55. The lowest BCUT2D eigenvalue weighted by Gasteiger charge is -2.24. The number of aromatic nitrogens is 2. The first-order valence-corrected chi connectivity index (χ1v) is 5.33. The van der Waals surface area contributed by atoms with E-state index in [1.165, 1.54) is 37.2 Å². The van der Waals surface area contributed by atoms with E-state index in [9.17, 15) is 0 Å². The van der Waals surface area contributed by atoms with E-state index >= 15 is 0 Å². The highest BCUT2D eigenvalue weighted by atomic mass is 32.1. The molecule has 1 aromatic rings. The Hall–Kier alpha value is -0.840. The molecule has 0 aromatic carbocycles. The van der Waals surface area contributed by atoms with Crippen molar-refractivity contribution in [3.8, 4) is 0 Å². The van der Waals surface area contributed by atoms with Crippen LogP contribution in [0.3, 0.4) is 0 Å². The first-order chi connectivity index (χ1) is 6.18. The molecule has 2 rings (SSSR count). The summed E-state index contributed by atoms with van der Waals surface area (Å²) in [5, 5.41) is 4.25. The lowest BCUT2D eigenvalue weighted by molar-refractivity contribution is 0.533. The Morgan fingerprint density at radius 2 is 2.15 bits per heavy atom. The summed E-state index contributed by atoms with van der Waals surface area (Å²) in [6, 6.07) is 0. The second-order valence-electron chi connectivity index (χ2n) is 3.85. The fourth-order valence-electron chi connectivity index (χ4n) is 1.82. The Morgan fingerprint density at radius 1 is 1.46 bits per heavy atom. The summed E-state index contributed by atoms with van der Waals surface area (Å²) >= 11 is 1.34. The lowest BCUT2D eigenvalue weighted by atomic mass is 10.0. The maximum Gasteiger partial charge on any atom is 0.233 e. The van der Waals surface area contributed by atoms with Crippen LogP contribution in [-0.2, 0) is 0 Å². The highest BCUT2D eigenvalue weighted by Crippen LogP contribution is 2.32. The van der Waals surface area contributed by atoms with Crippen molar-refractivity contribution in [2.75, 3.05) is 11.1 Å². The van der Waals surface area contributed by atoms with E-state index in [2.05, 4.69) is 21.6 Å². The molecule has 0 aliphatic heterocycles. The van der Waals surface area contributed by atoms with E-state index < -0.39 is 0 Å². The van der Waals surface area contributed by atoms with Crippen LogP contribution in [-0.4, -0.2) is 14.9 Å². The SMILES string of the molecule is CC1(Nc2nc(N)ns2)CCCC1. The summed E-state index contributed by atoms with van der Waals surface area (Å²) in [5.41, 5.74) is 5.66. The molecule has 1 aliphatic rings. The van der Waals surface area contributed by atoms with Crippen molar-refractivity contribution < 1.29 is 0 Å². The molecule has 1 aromatic heterocycles. The standard InChI is InChI=1S/C8H14N4S/c1-8(4-2-3-5-8)11-7-10-6(9)12-13-7/h2-5H2,1H3,(H3,9,10,11,12). The molecule has 0 saturated heterocycles. The molecule has 72 valence electrons. The largest absolute Gasteiger partial charge is 0.367 e. The van der Waals surface area contributed by atoms with E-state index in [1.807, 2.05) is 0 Å². The Kier molecular flexibility index (Phi) is 2.11. The maximum absolute atomic E-state index is 5.44. The molecule has 1 saturated carbocycles. The summed E-state index contributed by atoms with van der Waals surface area (Å²) in [6.45, 7) is 2.23. The quantitative estimate of drug-likeness (QED) is 0.761. The van der Waals surface area contributed by atoms with Gasteiger partial charge in [-0.25, -0.2) is 0 Å². The number of hydrogen-bond donors (Lipinski definition) is 2. The minimum absolute atomic E-state index is 0.214. The van der Waals surface area contributed by atoms with Crippen molar-refractivity contribution in [3.05, 3.63) is 0 Å². The van der Waals surface area contributed by atoms with E-state index in [4.69, 9.17) is 5.73 Å². The summed E-state index contributed by atoms with van der Waals surface area (Å²) in [7, 11) is 0.